The van der Waals surface area contributed by atoms with Crippen LogP contribution in [-0.4, -0.2) is 47.6 Å². The highest BCUT2D eigenvalue weighted by Gasteiger charge is 2.40. The summed E-state index contributed by atoms with van der Waals surface area (Å²) in [6.07, 6.45) is 4.63. The molecule has 2 aromatic rings. The number of rotatable bonds is 7. The van der Waals surface area contributed by atoms with Gasteiger partial charge in [-0.3, -0.25) is 4.98 Å². The number of ether oxygens (including phenoxy) is 3. The normalized spacial score (nSPS) is 27.5. The Morgan fingerprint density at radius 2 is 2.03 bits per heavy atom. The van der Waals surface area contributed by atoms with Gasteiger partial charge in [0.2, 0.25) is 0 Å². The summed E-state index contributed by atoms with van der Waals surface area (Å²) in [5, 5.41) is 12.7. The number of carboxylic acids is 1. The predicted molar refractivity (Wildman–Crippen MR) is 110 cm³/mol. The van der Waals surface area contributed by atoms with Crippen LogP contribution in [0.15, 0.2) is 48.7 Å². The highest BCUT2D eigenvalue weighted by molar-refractivity contribution is 5.75. The summed E-state index contributed by atoms with van der Waals surface area (Å²) >= 11 is 0. The fourth-order valence-corrected chi connectivity index (χ4v) is 3.93. The fraction of sp³-hybridized carbons (Fsp3) is 0.478. The third-order valence-electron chi connectivity index (χ3n) is 5.73. The number of nitrogens with one attached hydrogen (secondary N) is 1. The van der Waals surface area contributed by atoms with Crippen molar-refractivity contribution < 1.29 is 24.1 Å². The Morgan fingerprint density at radius 3 is 2.63 bits per heavy atom. The van der Waals surface area contributed by atoms with Crippen molar-refractivity contribution in [1.29, 1.82) is 0 Å². The minimum absolute atomic E-state index is 0.119. The second kappa shape index (κ2) is 9.12. The van der Waals surface area contributed by atoms with Crippen LogP contribution in [0.2, 0.25) is 0 Å². The summed E-state index contributed by atoms with van der Waals surface area (Å²) in [4.78, 5) is 15.7. The van der Waals surface area contributed by atoms with Crippen molar-refractivity contribution in [1.82, 2.24) is 10.3 Å². The van der Waals surface area contributed by atoms with Crippen molar-refractivity contribution in [2.24, 2.45) is 5.92 Å². The van der Waals surface area contributed by atoms with Crippen LogP contribution in [0.5, 0.6) is 5.75 Å². The summed E-state index contributed by atoms with van der Waals surface area (Å²) in [6, 6.07) is 14.2. The number of benzene rings is 1. The first kappa shape index (κ1) is 20.8. The Bertz CT molecular complexity index is 828. The molecule has 2 fully saturated rings. The van der Waals surface area contributed by atoms with E-state index in [1.807, 2.05) is 42.5 Å². The molecule has 2 aliphatic heterocycles. The van der Waals surface area contributed by atoms with Crippen LogP contribution < -0.4 is 10.1 Å². The minimum Gasteiger partial charge on any atom is -0.482 e. The molecule has 2 unspecified atom stereocenters. The van der Waals surface area contributed by atoms with E-state index in [4.69, 9.17) is 19.3 Å². The summed E-state index contributed by atoms with van der Waals surface area (Å²) in [5.74, 6) is -1.71. The van der Waals surface area contributed by atoms with Crippen molar-refractivity contribution in [3.05, 3.63) is 59.9 Å². The highest BCUT2D eigenvalue weighted by Crippen LogP contribution is 2.29. The predicted octanol–water partition coefficient (Wildman–Crippen LogP) is 2.96. The molecular formula is C23H28N2O5. The van der Waals surface area contributed by atoms with Gasteiger partial charge in [0.15, 0.2) is 6.10 Å². The van der Waals surface area contributed by atoms with Crippen LogP contribution in [0.1, 0.15) is 37.1 Å². The maximum Gasteiger partial charge on any atom is 0.364 e. The smallest absolute Gasteiger partial charge is 0.364 e. The third kappa shape index (κ3) is 4.80. The van der Waals surface area contributed by atoms with Gasteiger partial charge in [-0.2, -0.15) is 0 Å². The maximum atomic E-state index is 11.2. The topological polar surface area (TPSA) is 89.9 Å². The molecule has 4 rings (SSSR count). The van der Waals surface area contributed by atoms with E-state index >= 15 is 0 Å². The molecule has 30 heavy (non-hydrogen) atoms. The Labute approximate surface area is 176 Å². The van der Waals surface area contributed by atoms with Crippen molar-refractivity contribution in [3.63, 3.8) is 0 Å². The van der Waals surface area contributed by atoms with Crippen LogP contribution in [0.4, 0.5) is 0 Å². The minimum atomic E-state index is -1.54. The van der Waals surface area contributed by atoms with E-state index in [1.54, 1.807) is 6.20 Å². The molecule has 1 aromatic carbocycles. The number of hydrogen-bond donors (Lipinski definition) is 2. The summed E-state index contributed by atoms with van der Waals surface area (Å²) < 4.78 is 17.2. The lowest BCUT2D eigenvalue weighted by Gasteiger charge is -2.34. The third-order valence-corrected chi connectivity index (χ3v) is 5.73. The van der Waals surface area contributed by atoms with E-state index in [0.717, 1.165) is 42.8 Å². The first-order valence-corrected chi connectivity index (χ1v) is 10.4. The zero-order chi connectivity index (χ0) is 21.0. The summed E-state index contributed by atoms with van der Waals surface area (Å²) in [6.45, 7) is 3.16. The molecule has 3 heterocycles. The molecule has 160 valence electrons. The fourth-order valence-electron chi connectivity index (χ4n) is 3.93. The Morgan fingerprint density at radius 1 is 1.27 bits per heavy atom. The number of pyridine rings is 1. The molecule has 2 atom stereocenters. The molecule has 0 radical (unpaired) electrons. The average Bonchev–Trinajstić information content (AvgIpc) is 3.30. The quantitative estimate of drug-likeness (QED) is 0.723. The monoisotopic (exact) mass is 412 g/mol. The summed E-state index contributed by atoms with van der Waals surface area (Å²) in [5.41, 5.74) is 2.06. The molecule has 2 aliphatic rings. The van der Waals surface area contributed by atoms with E-state index in [9.17, 15) is 4.79 Å². The van der Waals surface area contributed by atoms with Crippen molar-refractivity contribution in [2.75, 3.05) is 19.8 Å². The van der Waals surface area contributed by atoms with E-state index in [-0.39, 0.29) is 18.1 Å². The Hall–Kier alpha value is -2.48. The van der Waals surface area contributed by atoms with E-state index < -0.39 is 11.8 Å². The van der Waals surface area contributed by atoms with Gasteiger partial charge in [-0.25, -0.2) is 4.79 Å². The number of aliphatic carboxylic acids is 1. The second-order valence-corrected chi connectivity index (χ2v) is 8.08. The van der Waals surface area contributed by atoms with Crippen LogP contribution in [-0.2, 0) is 20.7 Å². The van der Waals surface area contributed by atoms with Crippen LogP contribution in [0.3, 0.4) is 0 Å². The molecular weight excluding hydrogens is 384 g/mol. The van der Waals surface area contributed by atoms with Crippen molar-refractivity contribution >= 4 is 5.97 Å². The number of carboxylic acid groups (broad SMARTS) is 1. The lowest BCUT2D eigenvalue weighted by Crippen LogP contribution is -2.48. The molecule has 2 N–H and O–H groups in total. The Kier molecular flexibility index (Phi) is 6.32. The highest BCUT2D eigenvalue weighted by atomic mass is 16.7. The second-order valence-electron chi connectivity index (χ2n) is 8.08. The standard InChI is InChI=1S/C23H28N2O5/c1-23(22(26)27)28-14-17(15-29-23)13-16-7-9-18(10-8-16)30-21(20-6-4-12-25-20)19-5-2-3-11-24-19/h2-3,5,7-11,17,20-21,25H,4,6,12-15H2,1H3,(H,26,27). The SMILES string of the molecule is CC1(C(=O)O)OCC(Cc2ccc(OC(c3ccccn3)C3CCCN3)cc2)CO1. The number of carbonyl (C=O) groups is 1. The van der Waals surface area contributed by atoms with Gasteiger partial charge < -0.3 is 24.6 Å². The molecule has 0 saturated carbocycles. The molecule has 7 nitrogen and oxygen atoms in total. The number of hydrogen-bond acceptors (Lipinski definition) is 6. The van der Waals surface area contributed by atoms with Crippen LogP contribution >= 0.6 is 0 Å². The largest absolute Gasteiger partial charge is 0.482 e. The van der Waals surface area contributed by atoms with Gasteiger partial charge in [-0.05, 0) is 55.6 Å². The maximum absolute atomic E-state index is 11.2. The number of nitrogens with zero attached hydrogens (tertiary/aromatic N) is 1. The lowest BCUT2D eigenvalue weighted by molar-refractivity contribution is -0.270. The van der Waals surface area contributed by atoms with Gasteiger partial charge in [-0.15, -0.1) is 0 Å². The average molecular weight is 412 g/mol. The first-order chi connectivity index (χ1) is 14.5. The van der Waals surface area contributed by atoms with E-state index in [0.29, 0.717) is 13.2 Å². The Balaban J connectivity index is 1.37. The first-order valence-electron chi connectivity index (χ1n) is 10.4. The van der Waals surface area contributed by atoms with Crippen molar-refractivity contribution in [3.8, 4) is 5.75 Å². The molecule has 7 heteroatoms. The van der Waals surface area contributed by atoms with E-state index in [2.05, 4.69) is 10.3 Å². The van der Waals surface area contributed by atoms with Crippen LogP contribution in [0.25, 0.3) is 0 Å². The molecule has 0 aliphatic carbocycles. The lowest BCUT2D eigenvalue weighted by atomic mass is 9.99. The zero-order valence-corrected chi connectivity index (χ0v) is 17.1. The molecule has 0 spiro atoms. The van der Waals surface area contributed by atoms with Gasteiger partial charge in [-0.1, -0.05) is 18.2 Å². The van der Waals surface area contributed by atoms with Crippen molar-refractivity contribution in [2.45, 2.75) is 44.1 Å². The zero-order valence-electron chi connectivity index (χ0n) is 17.1. The van der Waals surface area contributed by atoms with Gasteiger partial charge in [0, 0.05) is 25.1 Å². The molecule has 0 bridgehead atoms. The molecule has 0 amide bonds. The molecule has 2 saturated heterocycles. The summed E-state index contributed by atoms with van der Waals surface area (Å²) in [7, 11) is 0. The van der Waals surface area contributed by atoms with Gasteiger partial charge in [0.1, 0.15) is 5.75 Å². The number of aromatic nitrogens is 1. The van der Waals surface area contributed by atoms with Gasteiger partial charge in [0.25, 0.3) is 5.79 Å². The molecule has 1 aromatic heterocycles. The van der Waals surface area contributed by atoms with E-state index in [1.165, 1.54) is 6.92 Å². The van der Waals surface area contributed by atoms with Crippen LogP contribution in [0, 0.1) is 5.92 Å². The van der Waals surface area contributed by atoms with Gasteiger partial charge in [0.05, 0.1) is 18.9 Å². The van der Waals surface area contributed by atoms with Gasteiger partial charge >= 0.3 is 5.97 Å².